The number of amides is 1. The van der Waals surface area contributed by atoms with Gasteiger partial charge >= 0.3 is 0 Å². The number of hydrogen-bond acceptors (Lipinski definition) is 5. The maximum absolute atomic E-state index is 12.9. The van der Waals surface area contributed by atoms with Gasteiger partial charge in [-0.05, 0) is 36.8 Å². The zero-order valence-electron chi connectivity index (χ0n) is 16.7. The fraction of sp³-hybridized carbons (Fsp3) is 0.318. The standard InChI is InChI=1S/C22H23ClN4O2S/c1-16(21(28)26-11-13-29-14-12-26)30-22-25-24-20(18-7-9-19(23)10-8-18)27(22)15-17-5-3-2-4-6-17/h2-10,16H,11-15H2,1H3. The zero-order valence-corrected chi connectivity index (χ0v) is 18.3. The molecule has 4 rings (SSSR count). The van der Waals surface area contributed by atoms with Crippen LogP contribution in [0.25, 0.3) is 11.4 Å². The molecule has 2 aromatic carbocycles. The van der Waals surface area contributed by atoms with Crippen LogP contribution in [-0.2, 0) is 16.1 Å². The van der Waals surface area contributed by atoms with Crippen LogP contribution in [-0.4, -0.2) is 57.1 Å². The summed E-state index contributed by atoms with van der Waals surface area (Å²) in [7, 11) is 0. The fourth-order valence-electron chi connectivity index (χ4n) is 3.35. The van der Waals surface area contributed by atoms with Gasteiger partial charge in [-0.25, -0.2) is 0 Å². The van der Waals surface area contributed by atoms with Crippen molar-refractivity contribution in [2.24, 2.45) is 0 Å². The lowest BCUT2D eigenvalue weighted by molar-refractivity contribution is -0.134. The number of thioether (sulfide) groups is 1. The molecule has 0 saturated carbocycles. The van der Waals surface area contributed by atoms with E-state index in [1.165, 1.54) is 11.8 Å². The number of benzene rings is 2. The Balaban J connectivity index is 1.61. The summed E-state index contributed by atoms with van der Waals surface area (Å²) < 4.78 is 7.42. The van der Waals surface area contributed by atoms with Crippen LogP contribution in [0.3, 0.4) is 0 Å². The van der Waals surface area contributed by atoms with E-state index >= 15 is 0 Å². The van der Waals surface area contributed by atoms with Crippen molar-refractivity contribution in [3.8, 4) is 11.4 Å². The zero-order chi connectivity index (χ0) is 20.9. The minimum Gasteiger partial charge on any atom is -0.378 e. The molecule has 1 unspecified atom stereocenters. The molecule has 1 amide bonds. The number of morpholine rings is 1. The van der Waals surface area contributed by atoms with E-state index in [4.69, 9.17) is 16.3 Å². The summed E-state index contributed by atoms with van der Waals surface area (Å²) in [5.41, 5.74) is 2.07. The average molecular weight is 443 g/mol. The number of aromatic nitrogens is 3. The molecule has 30 heavy (non-hydrogen) atoms. The SMILES string of the molecule is CC(Sc1nnc(-c2ccc(Cl)cc2)n1Cc1ccccc1)C(=O)N1CCOCC1. The molecule has 1 aliphatic rings. The lowest BCUT2D eigenvalue weighted by Gasteiger charge is -2.28. The van der Waals surface area contributed by atoms with Gasteiger partial charge in [-0.15, -0.1) is 10.2 Å². The van der Waals surface area contributed by atoms with Gasteiger partial charge in [-0.1, -0.05) is 53.7 Å². The summed E-state index contributed by atoms with van der Waals surface area (Å²) in [6.07, 6.45) is 0. The van der Waals surface area contributed by atoms with Crippen LogP contribution in [0.5, 0.6) is 0 Å². The molecule has 0 radical (unpaired) electrons. The van der Waals surface area contributed by atoms with Crippen molar-refractivity contribution < 1.29 is 9.53 Å². The Morgan fingerprint density at radius 2 is 1.80 bits per heavy atom. The summed E-state index contributed by atoms with van der Waals surface area (Å²) in [6.45, 7) is 4.99. The molecule has 0 bridgehead atoms. The highest BCUT2D eigenvalue weighted by Gasteiger charge is 2.26. The maximum atomic E-state index is 12.9. The molecule has 3 aromatic rings. The third-order valence-electron chi connectivity index (χ3n) is 4.96. The number of rotatable bonds is 6. The van der Waals surface area contributed by atoms with E-state index in [0.717, 1.165) is 22.1 Å². The number of halogens is 1. The summed E-state index contributed by atoms with van der Waals surface area (Å²) in [6, 6.07) is 17.7. The van der Waals surface area contributed by atoms with E-state index in [9.17, 15) is 4.79 Å². The second-order valence-corrected chi connectivity index (χ2v) is 8.83. The van der Waals surface area contributed by atoms with Gasteiger partial charge in [0.2, 0.25) is 5.91 Å². The predicted molar refractivity (Wildman–Crippen MR) is 119 cm³/mol. The molecule has 0 N–H and O–H groups in total. The molecule has 6 nitrogen and oxygen atoms in total. The van der Waals surface area contributed by atoms with Crippen molar-refractivity contribution in [3.63, 3.8) is 0 Å². The van der Waals surface area contributed by atoms with Gasteiger partial charge in [0.05, 0.1) is 25.0 Å². The number of ether oxygens (including phenoxy) is 1. The number of hydrogen-bond donors (Lipinski definition) is 0. The fourth-order valence-corrected chi connectivity index (χ4v) is 4.40. The summed E-state index contributed by atoms with van der Waals surface area (Å²) in [4.78, 5) is 14.7. The molecule has 2 heterocycles. The van der Waals surface area contributed by atoms with Crippen LogP contribution in [0.4, 0.5) is 0 Å². The topological polar surface area (TPSA) is 60.2 Å². The van der Waals surface area contributed by atoms with E-state index < -0.39 is 0 Å². The number of carbonyl (C=O) groups is 1. The quantitative estimate of drug-likeness (QED) is 0.540. The average Bonchev–Trinajstić information content (AvgIpc) is 3.17. The normalized spacial score (nSPS) is 15.2. The van der Waals surface area contributed by atoms with Crippen LogP contribution in [0.2, 0.25) is 5.02 Å². The summed E-state index contributed by atoms with van der Waals surface area (Å²) in [5.74, 6) is 0.856. The lowest BCUT2D eigenvalue weighted by atomic mass is 10.2. The second kappa shape index (κ2) is 9.64. The predicted octanol–water partition coefficient (Wildman–Crippen LogP) is 3.99. The minimum atomic E-state index is -0.264. The highest BCUT2D eigenvalue weighted by Crippen LogP contribution is 2.29. The Morgan fingerprint density at radius 3 is 2.50 bits per heavy atom. The first-order chi connectivity index (χ1) is 14.6. The first kappa shape index (κ1) is 20.9. The van der Waals surface area contributed by atoms with Crippen LogP contribution < -0.4 is 0 Å². The first-order valence-corrected chi connectivity index (χ1v) is 11.1. The molecule has 1 saturated heterocycles. The van der Waals surface area contributed by atoms with Crippen LogP contribution in [0.15, 0.2) is 59.8 Å². The Bertz CT molecular complexity index is 988. The maximum Gasteiger partial charge on any atom is 0.236 e. The first-order valence-electron chi connectivity index (χ1n) is 9.88. The van der Waals surface area contributed by atoms with E-state index in [1.54, 1.807) is 0 Å². The third kappa shape index (κ3) is 4.86. The van der Waals surface area contributed by atoms with Gasteiger partial charge in [0.1, 0.15) is 0 Å². The van der Waals surface area contributed by atoms with Gasteiger partial charge in [0.25, 0.3) is 0 Å². The Kier molecular flexibility index (Phi) is 6.72. The highest BCUT2D eigenvalue weighted by molar-refractivity contribution is 8.00. The van der Waals surface area contributed by atoms with E-state index in [0.29, 0.717) is 37.9 Å². The number of nitrogens with zero attached hydrogens (tertiary/aromatic N) is 4. The largest absolute Gasteiger partial charge is 0.378 e. The van der Waals surface area contributed by atoms with Crippen molar-refractivity contribution in [1.29, 1.82) is 0 Å². The highest BCUT2D eigenvalue weighted by atomic mass is 35.5. The smallest absolute Gasteiger partial charge is 0.236 e. The Labute approximate surface area is 185 Å². The molecule has 0 spiro atoms. The molecular formula is C22H23ClN4O2S. The van der Waals surface area contributed by atoms with E-state index in [-0.39, 0.29) is 11.2 Å². The van der Waals surface area contributed by atoms with Gasteiger partial charge in [0.15, 0.2) is 11.0 Å². The van der Waals surface area contributed by atoms with Crippen LogP contribution in [0, 0.1) is 0 Å². The molecule has 156 valence electrons. The van der Waals surface area contributed by atoms with Crippen LogP contribution in [0.1, 0.15) is 12.5 Å². The summed E-state index contributed by atoms with van der Waals surface area (Å²) in [5, 5.41) is 10.00. The third-order valence-corrected chi connectivity index (χ3v) is 6.28. The monoisotopic (exact) mass is 442 g/mol. The van der Waals surface area contributed by atoms with Gasteiger partial charge in [-0.2, -0.15) is 0 Å². The van der Waals surface area contributed by atoms with Crippen molar-refractivity contribution in [3.05, 3.63) is 65.2 Å². The van der Waals surface area contributed by atoms with Gasteiger partial charge < -0.3 is 9.64 Å². The molecule has 1 fully saturated rings. The van der Waals surface area contributed by atoms with E-state index in [1.807, 2.05) is 54.3 Å². The van der Waals surface area contributed by atoms with Crippen molar-refractivity contribution >= 4 is 29.3 Å². The molecule has 1 aliphatic heterocycles. The van der Waals surface area contributed by atoms with Crippen molar-refractivity contribution in [1.82, 2.24) is 19.7 Å². The van der Waals surface area contributed by atoms with Gasteiger partial charge in [0, 0.05) is 23.7 Å². The summed E-state index contributed by atoms with van der Waals surface area (Å²) >= 11 is 7.49. The van der Waals surface area contributed by atoms with Crippen molar-refractivity contribution in [2.45, 2.75) is 23.9 Å². The van der Waals surface area contributed by atoms with E-state index in [2.05, 4.69) is 26.9 Å². The minimum absolute atomic E-state index is 0.102. The molecule has 8 heteroatoms. The Morgan fingerprint density at radius 1 is 1.10 bits per heavy atom. The Hall–Kier alpha value is -2.35. The molecular weight excluding hydrogens is 420 g/mol. The lowest BCUT2D eigenvalue weighted by Crippen LogP contribution is -2.44. The number of carbonyl (C=O) groups excluding carboxylic acids is 1. The second-order valence-electron chi connectivity index (χ2n) is 7.08. The molecule has 1 atom stereocenters. The van der Waals surface area contributed by atoms with Gasteiger partial charge in [-0.3, -0.25) is 9.36 Å². The molecule has 1 aromatic heterocycles. The molecule has 0 aliphatic carbocycles. The van der Waals surface area contributed by atoms with Crippen LogP contribution >= 0.6 is 23.4 Å². The van der Waals surface area contributed by atoms with Crippen molar-refractivity contribution in [2.75, 3.05) is 26.3 Å².